The van der Waals surface area contributed by atoms with Crippen LogP contribution in [-0.4, -0.2) is 12.4 Å². The largest absolute Gasteiger partial charge is 0.377 e. The van der Waals surface area contributed by atoms with Gasteiger partial charge in [0.25, 0.3) is 0 Å². The zero-order valence-electron chi connectivity index (χ0n) is 28.1. The SMILES string of the molecule is C=C(C)c1ccc(COCCCCCCCCCCCCCCCCCCc2ccc(/C=C/C(=O)c3ccccc3)cc2)cc1. The van der Waals surface area contributed by atoms with E-state index in [-0.39, 0.29) is 5.78 Å². The van der Waals surface area contributed by atoms with Gasteiger partial charge in [-0.1, -0.05) is 187 Å². The van der Waals surface area contributed by atoms with E-state index in [2.05, 4.69) is 55.1 Å². The summed E-state index contributed by atoms with van der Waals surface area (Å²) in [6.07, 6.45) is 26.5. The van der Waals surface area contributed by atoms with Gasteiger partial charge in [-0.2, -0.15) is 0 Å². The van der Waals surface area contributed by atoms with Crippen molar-refractivity contribution in [3.05, 3.63) is 119 Å². The zero-order valence-corrected chi connectivity index (χ0v) is 28.1. The summed E-state index contributed by atoms with van der Waals surface area (Å²) in [7, 11) is 0. The number of allylic oxidation sites excluding steroid dienone is 2. The summed E-state index contributed by atoms with van der Waals surface area (Å²) in [4.78, 5) is 12.2. The van der Waals surface area contributed by atoms with Crippen molar-refractivity contribution >= 4 is 17.4 Å². The van der Waals surface area contributed by atoms with Crippen molar-refractivity contribution in [1.29, 1.82) is 0 Å². The quantitative estimate of drug-likeness (QED) is 0.0545. The lowest BCUT2D eigenvalue weighted by atomic mass is 10.0. The van der Waals surface area contributed by atoms with E-state index in [1.807, 2.05) is 43.3 Å². The first-order valence-corrected chi connectivity index (χ1v) is 17.8. The fourth-order valence-electron chi connectivity index (χ4n) is 5.75. The van der Waals surface area contributed by atoms with Crippen LogP contribution in [-0.2, 0) is 17.8 Å². The summed E-state index contributed by atoms with van der Waals surface area (Å²) in [6, 6.07) is 26.6. The van der Waals surface area contributed by atoms with Gasteiger partial charge in [0.05, 0.1) is 6.61 Å². The highest BCUT2D eigenvalue weighted by Gasteiger charge is 2.01. The minimum absolute atomic E-state index is 0.0488. The van der Waals surface area contributed by atoms with Crippen molar-refractivity contribution in [3.63, 3.8) is 0 Å². The Morgan fingerprint density at radius 3 is 1.60 bits per heavy atom. The summed E-state index contributed by atoms with van der Waals surface area (Å²) >= 11 is 0. The molecule has 0 N–H and O–H groups in total. The maximum Gasteiger partial charge on any atom is 0.185 e. The maximum absolute atomic E-state index is 12.2. The minimum atomic E-state index is 0.0488. The number of hydrogen-bond donors (Lipinski definition) is 0. The van der Waals surface area contributed by atoms with E-state index < -0.39 is 0 Å². The molecule has 0 fully saturated rings. The highest BCUT2D eigenvalue weighted by atomic mass is 16.5. The van der Waals surface area contributed by atoms with Gasteiger partial charge in [-0.25, -0.2) is 0 Å². The van der Waals surface area contributed by atoms with Gasteiger partial charge in [-0.15, -0.1) is 0 Å². The Kier molecular flexibility index (Phi) is 18.6. The molecule has 0 aromatic heterocycles. The predicted octanol–water partition coefficient (Wildman–Crippen LogP) is 12.6. The Hall–Kier alpha value is -3.23. The van der Waals surface area contributed by atoms with Crippen LogP contribution in [0.15, 0.2) is 91.5 Å². The van der Waals surface area contributed by atoms with Gasteiger partial charge in [0, 0.05) is 12.2 Å². The Labute approximate surface area is 275 Å². The fourth-order valence-corrected chi connectivity index (χ4v) is 5.75. The predicted molar refractivity (Wildman–Crippen MR) is 195 cm³/mol. The molecule has 2 nitrogen and oxygen atoms in total. The van der Waals surface area contributed by atoms with Crippen molar-refractivity contribution in [2.45, 2.75) is 123 Å². The van der Waals surface area contributed by atoms with Gasteiger partial charge >= 0.3 is 0 Å². The lowest BCUT2D eigenvalue weighted by Crippen LogP contribution is -1.96. The normalized spacial score (nSPS) is 11.3. The third-order valence-corrected chi connectivity index (χ3v) is 8.68. The summed E-state index contributed by atoms with van der Waals surface area (Å²) in [5.74, 6) is 0.0488. The molecule has 0 atom stereocenters. The van der Waals surface area contributed by atoms with Gasteiger partial charge in [-0.3, -0.25) is 4.79 Å². The van der Waals surface area contributed by atoms with E-state index >= 15 is 0 Å². The van der Waals surface area contributed by atoms with Crippen molar-refractivity contribution in [1.82, 2.24) is 0 Å². The van der Waals surface area contributed by atoms with Gasteiger partial charge in [-0.05, 0) is 54.5 Å². The Balaban J connectivity index is 1.03. The van der Waals surface area contributed by atoms with Crippen LogP contribution in [0.3, 0.4) is 0 Å². The van der Waals surface area contributed by atoms with Crippen molar-refractivity contribution < 1.29 is 9.53 Å². The van der Waals surface area contributed by atoms with Crippen molar-refractivity contribution in [2.24, 2.45) is 0 Å². The molecule has 242 valence electrons. The molecule has 0 aliphatic heterocycles. The number of hydrogen-bond acceptors (Lipinski definition) is 2. The maximum atomic E-state index is 12.2. The van der Waals surface area contributed by atoms with E-state index in [4.69, 9.17) is 4.74 Å². The third-order valence-electron chi connectivity index (χ3n) is 8.68. The van der Waals surface area contributed by atoms with Crippen molar-refractivity contribution in [2.75, 3.05) is 6.61 Å². The van der Waals surface area contributed by atoms with Gasteiger partial charge in [0.2, 0.25) is 0 Å². The molecule has 3 aromatic rings. The van der Waals surface area contributed by atoms with Crippen LogP contribution in [0.2, 0.25) is 0 Å². The number of rotatable bonds is 25. The lowest BCUT2D eigenvalue weighted by Gasteiger charge is -2.06. The number of ketones is 1. The number of carbonyl (C=O) groups is 1. The van der Waals surface area contributed by atoms with Crippen LogP contribution >= 0.6 is 0 Å². The van der Waals surface area contributed by atoms with E-state index in [9.17, 15) is 4.79 Å². The van der Waals surface area contributed by atoms with Gasteiger partial charge < -0.3 is 4.74 Å². The summed E-state index contributed by atoms with van der Waals surface area (Å²) < 4.78 is 5.85. The number of unbranched alkanes of at least 4 members (excludes halogenated alkanes) is 15. The molecular formula is C43H58O2. The number of aryl methyl sites for hydroxylation is 1. The molecule has 0 amide bonds. The van der Waals surface area contributed by atoms with Crippen LogP contribution in [0.4, 0.5) is 0 Å². The lowest BCUT2D eigenvalue weighted by molar-refractivity contribution is 0.104. The monoisotopic (exact) mass is 606 g/mol. The molecule has 0 unspecified atom stereocenters. The Bertz CT molecular complexity index is 1220. The summed E-state index contributed by atoms with van der Waals surface area (Å²) in [5, 5.41) is 0. The second-order valence-electron chi connectivity index (χ2n) is 12.7. The summed E-state index contributed by atoms with van der Waals surface area (Å²) in [5.41, 5.74) is 6.76. The van der Waals surface area contributed by atoms with Crippen LogP contribution < -0.4 is 0 Å². The number of carbonyl (C=O) groups excluding carboxylic acids is 1. The molecule has 0 saturated carbocycles. The Morgan fingerprint density at radius 2 is 1.07 bits per heavy atom. The van der Waals surface area contributed by atoms with Crippen LogP contribution in [0.5, 0.6) is 0 Å². The van der Waals surface area contributed by atoms with Gasteiger partial charge in [0.15, 0.2) is 5.78 Å². The molecule has 0 bridgehead atoms. The van der Waals surface area contributed by atoms with E-state index in [0.29, 0.717) is 6.61 Å². The van der Waals surface area contributed by atoms with Gasteiger partial charge in [0.1, 0.15) is 0 Å². The fraction of sp³-hybridized carbons (Fsp3) is 0.465. The Morgan fingerprint density at radius 1 is 0.578 bits per heavy atom. The minimum Gasteiger partial charge on any atom is -0.377 e. The molecule has 0 spiro atoms. The first kappa shape index (κ1) is 36.2. The van der Waals surface area contributed by atoms with Crippen LogP contribution in [0.1, 0.15) is 142 Å². The van der Waals surface area contributed by atoms with E-state index in [1.54, 1.807) is 6.08 Å². The second kappa shape index (κ2) is 23.2. The average molecular weight is 607 g/mol. The smallest absolute Gasteiger partial charge is 0.185 e. The van der Waals surface area contributed by atoms with E-state index in [0.717, 1.165) is 29.7 Å². The van der Waals surface area contributed by atoms with Crippen molar-refractivity contribution in [3.8, 4) is 0 Å². The van der Waals surface area contributed by atoms with Crippen LogP contribution in [0, 0.1) is 0 Å². The second-order valence-corrected chi connectivity index (χ2v) is 12.7. The molecule has 45 heavy (non-hydrogen) atoms. The topological polar surface area (TPSA) is 26.3 Å². The standard InChI is InChI=1S/C43H58O2/c1-37(2)41-32-29-40(30-33-41)36-45-35-21-16-14-12-10-8-6-4-3-5-7-9-11-13-15-18-22-38-25-27-39(28-26-38)31-34-43(44)42-23-19-17-20-24-42/h17,19-20,23-34H,1,3-16,18,21-22,35-36H2,2H3/b34-31+. The van der Waals surface area contributed by atoms with E-state index in [1.165, 1.54) is 119 Å². The first-order chi connectivity index (χ1) is 22.1. The highest BCUT2D eigenvalue weighted by molar-refractivity contribution is 6.06. The third kappa shape index (κ3) is 16.6. The van der Waals surface area contributed by atoms with Crippen LogP contribution in [0.25, 0.3) is 11.6 Å². The summed E-state index contributed by atoms with van der Waals surface area (Å²) in [6.45, 7) is 7.62. The zero-order chi connectivity index (χ0) is 31.8. The number of benzene rings is 3. The number of ether oxygens (including phenoxy) is 1. The molecule has 2 heteroatoms. The average Bonchev–Trinajstić information content (AvgIpc) is 3.07. The molecule has 0 saturated heterocycles. The molecular weight excluding hydrogens is 548 g/mol. The first-order valence-electron chi connectivity index (χ1n) is 17.8. The molecule has 0 heterocycles. The molecule has 0 aliphatic rings. The molecule has 3 rings (SSSR count). The molecule has 3 aromatic carbocycles. The highest BCUT2D eigenvalue weighted by Crippen LogP contribution is 2.16. The molecule has 0 aliphatic carbocycles. The molecule has 0 radical (unpaired) electrons.